The third-order valence-corrected chi connectivity index (χ3v) is 3.73. The van der Waals surface area contributed by atoms with Gasteiger partial charge in [-0.05, 0) is 37.6 Å². The number of carbonyl (C=O) groups excluding carboxylic acids is 1. The van der Waals surface area contributed by atoms with Gasteiger partial charge in [0, 0.05) is 31.2 Å². The van der Waals surface area contributed by atoms with Crippen LogP contribution >= 0.6 is 0 Å². The maximum atomic E-state index is 11.9. The molecule has 0 aromatic heterocycles. The SMILES string of the molecule is CCC(CC)N(C)CCC(=O)Nc1ccc(CN)cc1. The minimum Gasteiger partial charge on any atom is -0.326 e. The van der Waals surface area contributed by atoms with Crippen LogP contribution in [0.2, 0.25) is 0 Å². The first-order chi connectivity index (χ1) is 9.60. The van der Waals surface area contributed by atoms with E-state index in [2.05, 4.69) is 31.1 Å². The van der Waals surface area contributed by atoms with Gasteiger partial charge in [-0.3, -0.25) is 4.79 Å². The Labute approximate surface area is 122 Å². The van der Waals surface area contributed by atoms with Crippen molar-refractivity contribution in [2.24, 2.45) is 5.73 Å². The second-order valence-electron chi connectivity index (χ2n) is 5.15. The monoisotopic (exact) mass is 277 g/mol. The molecule has 1 aromatic carbocycles. The van der Waals surface area contributed by atoms with Gasteiger partial charge < -0.3 is 16.0 Å². The largest absolute Gasteiger partial charge is 0.326 e. The van der Waals surface area contributed by atoms with Gasteiger partial charge in [0.1, 0.15) is 0 Å². The summed E-state index contributed by atoms with van der Waals surface area (Å²) >= 11 is 0. The minimum absolute atomic E-state index is 0.0586. The van der Waals surface area contributed by atoms with E-state index in [1.165, 1.54) is 0 Å². The Hall–Kier alpha value is -1.39. The van der Waals surface area contributed by atoms with Gasteiger partial charge >= 0.3 is 0 Å². The van der Waals surface area contributed by atoms with E-state index < -0.39 is 0 Å². The molecule has 4 heteroatoms. The number of rotatable bonds is 8. The second-order valence-corrected chi connectivity index (χ2v) is 5.15. The maximum absolute atomic E-state index is 11.9. The van der Waals surface area contributed by atoms with Crippen LogP contribution < -0.4 is 11.1 Å². The fourth-order valence-electron chi connectivity index (χ4n) is 2.32. The molecule has 0 radical (unpaired) electrons. The molecule has 20 heavy (non-hydrogen) atoms. The summed E-state index contributed by atoms with van der Waals surface area (Å²) in [7, 11) is 2.08. The van der Waals surface area contributed by atoms with Crippen LogP contribution in [0.4, 0.5) is 5.69 Å². The maximum Gasteiger partial charge on any atom is 0.225 e. The van der Waals surface area contributed by atoms with Gasteiger partial charge in [-0.1, -0.05) is 26.0 Å². The molecule has 0 aliphatic heterocycles. The molecule has 1 aromatic rings. The molecule has 4 nitrogen and oxygen atoms in total. The molecule has 0 bridgehead atoms. The van der Waals surface area contributed by atoms with Gasteiger partial charge in [0.15, 0.2) is 0 Å². The Morgan fingerprint density at radius 2 is 1.85 bits per heavy atom. The first-order valence-corrected chi connectivity index (χ1v) is 7.39. The summed E-state index contributed by atoms with van der Waals surface area (Å²) in [5.74, 6) is 0.0586. The fraction of sp³-hybridized carbons (Fsp3) is 0.562. The normalized spacial score (nSPS) is 11.1. The molecule has 0 aliphatic rings. The molecule has 3 N–H and O–H groups in total. The van der Waals surface area contributed by atoms with Crippen molar-refractivity contribution in [3.8, 4) is 0 Å². The van der Waals surface area contributed by atoms with Gasteiger partial charge in [-0.2, -0.15) is 0 Å². The molecule has 0 heterocycles. The van der Waals surface area contributed by atoms with E-state index in [1.807, 2.05) is 24.3 Å². The molecule has 0 atom stereocenters. The number of nitrogens with two attached hydrogens (primary N) is 1. The first-order valence-electron chi connectivity index (χ1n) is 7.39. The number of anilines is 1. The Balaban J connectivity index is 2.39. The van der Waals surface area contributed by atoms with E-state index in [1.54, 1.807) is 0 Å². The molecular formula is C16H27N3O. The number of amides is 1. The van der Waals surface area contributed by atoms with Gasteiger partial charge in [-0.15, -0.1) is 0 Å². The minimum atomic E-state index is 0.0586. The van der Waals surface area contributed by atoms with Gasteiger partial charge in [0.05, 0.1) is 0 Å². The number of benzene rings is 1. The van der Waals surface area contributed by atoms with Crippen molar-refractivity contribution in [2.45, 2.75) is 45.7 Å². The molecule has 112 valence electrons. The number of nitrogens with zero attached hydrogens (tertiary/aromatic N) is 1. The molecule has 0 fully saturated rings. The zero-order valence-electron chi connectivity index (χ0n) is 12.9. The van der Waals surface area contributed by atoms with Crippen LogP contribution in [0.1, 0.15) is 38.7 Å². The highest BCUT2D eigenvalue weighted by Crippen LogP contribution is 2.10. The van der Waals surface area contributed by atoms with Crippen molar-refractivity contribution in [1.82, 2.24) is 4.90 Å². The summed E-state index contributed by atoms with van der Waals surface area (Å²) in [5, 5.41) is 2.92. The predicted molar refractivity (Wildman–Crippen MR) is 84.6 cm³/mol. The first kappa shape index (κ1) is 16.7. The van der Waals surface area contributed by atoms with Crippen LogP contribution in [0.5, 0.6) is 0 Å². The van der Waals surface area contributed by atoms with Crippen molar-refractivity contribution in [3.63, 3.8) is 0 Å². The lowest BCUT2D eigenvalue weighted by Crippen LogP contribution is -2.33. The lowest BCUT2D eigenvalue weighted by Gasteiger charge is -2.25. The Bertz CT molecular complexity index is 399. The zero-order chi connectivity index (χ0) is 15.0. The summed E-state index contributed by atoms with van der Waals surface area (Å²) in [6.07, 6.45) is 2.76. The molecule has 1 rings (SSSR count). The number of nitrogens with one attached hydrogen (secondary N) is 1. The van der Waals surface area contributed by atoms with Crippen LogP contribution in [0.3, 0.4) is 0 Å². The van der Waals surface area contributed by atoms with Crippen LogP contribution in [-0.4, -0.2) is 30.4 Å². The third-order valence-electron chi connectivity index (χ3n) is 3.73. The molecule has 0 saturated heterocycles. The lowest BCUT2D eigenvalue weighted by molar-refractivity contribution is -0.116. The van der Waals surface area contributed by atoms with Crippen LogP contribution in [0.25, 0.3) is 0 Å². The Morgan fingerprint density at radius 3 is 2.35 bits per heavy atom. The Morgan fingerprint density at radius 1 is 1.25 bits per heavy atom. The molecule has 0 unspecified atom stereocenters. The smallest absolute Gasteiger partial charge is 0.225 e. The highest BCUT2D eigenvalue weighted by atomic mass is 16.1. The Kier molecular flexibility index (Phi) is 7.26. The van der Waals surface area contributed by atoms with E-state index >= 15 is 0 Å². The third kappa shape index (κ3) is 5.31. The van der Waals surface area contributed by atoms with Crippen molar-refractivity contribution >= 4 is 11.6 Å². The van der Waals surface area contributed by atoms with E-state index in [-0.39, 0.29) is 5.91 Å². The lowest BCUT2D eigenvalue weighted by atomic mass is 10.1. The molecule has 1 amide bonds. The van der Waals surface area contributed by atoms with Gasteiger partial charge in [0.2, 0.25) is 5.91 Å². The summed E-state index contributed by atoms with van der Waals surface area (Å²) in [6, 6.07) is 8.22. The summed E-state index contributed by atoms with van der Waals surface area (Å²) < 4.78 is 0. The quantitative estimate of drug-likeness (QED) is 0.768. The average molecular weight is 277 g/mol. The van der Waals surface area contributed by atoms with Gasteiger partial charge in [0.25, 0.3) is 0 Å². The van der Waals surface area contributed by atoms with E-state index in [9.17, 15) is 4.79 Å². The van der Waals surface area contributed by atoms with Crippen LogP contribution in [0, 0.1) is 0 Å². The number of hydrogen-bond acceptors (Lipinski definition) is 3. The van der Waals surface area contributed by atoms with E-state index in [0.717, 1.165) is 30.6 Å². The molecular weight excluding hydrogens is 250 g/mol. The van der Waals surface area contributed by atoms with Crippen LogP contribution in [0.15, 0.2) is 24.3 Å². The highest BCUT2D eigenvalue weighted by molar-refractivity contribution is 5.90. The summed E-state index contributed by atoms with van der Waals surface area (Å²) in [6.45, 7) is 5.68. The summed E-state index contributed by atoms with van der Waals surface area (Å²) in [5.41, 5.74) is 7.44. The van der Waals surface area contributed by atoms with Gasteiger partial charge in [-0.25, -0.2) is 0 Å². The number of hydrogen-bond donors (Lipinski definition) is 2. The zero-order valence-corrected chi connectivity index (χ0v) is 12.9. The standard InChI is InChI=1S/C16H27N3O/c1-4-15(5-2)19(3)11-10-16(20)18-14-8-6-13(12-17)7-9-14/h6-9,15H,4-5,10-12,17H2,1-3H3,(H,18,20). The average Bonchev–Trinajstić information content (AvgIpc) is 2.47. The highest BCUT2D eigenvalue weighted by Gasteiger charge is 2.11. The number of carbonyl (C=O) groups is 1. The molecule has 0 aliphatic carbocycles. The summed E-state index contributed by atoms with van der Waals surface area (Å²) in [4.78, 5) is 14.2. The van der Waals surface area contributed by atoms with Crippen molar-refractivity contribution in [2.75, 3.05) is 18.9 Å². The topological polar surface area (TPSA) is 58.4 Å². The second kappa shape index (κ2) is 8.72. The van der Waals surface area contributed by atoms with E-state index in [0.29, 0.717) is 19.0 Å². The van der Waals surface area contributed by atoms with E-state index in [4.69, 9.17) is 5.73 Å². The van der Waals surface area contributed by atoms with Crippen LogP contribution in [-0.2, 0) is 11.3 Å². The molecule has 0 spiro atoms. The fourth-order valence-corrected chi connectivity index (χ4v) is 2.32. The predicted octanol–water partition coefficient (Wildman–Crippen LogP) is 2.59. The van der Waals surface area contributed by atoms with Crippen molar-refractivity contribution in [1.29, 1.82) is 0 Å². The molecule has 0 saturated carbocycles. The van der Waals surface area contributed by atoms with Crippen molar-refractivity contribution < 1.29 is 4.79 Å². The van der Waals surface area contributed by atoms with Crippen molar-refractivity contribution in [3.05, 3.63) is 29.8 Å².